The standard InChI is InChI=1S/56CH4/h56*1H4. The summed E-state index contributed by atoms with van der Waals surface area (Å²) in [5.41, 5.74) is 0. The maximum atomic E-state index is 0. The van der Waals surface area contributed by atoms with Gasteiger partial charge in [0.25, 0.3) is 0 Å². The van der Waals surface area contributed by atoms with Crippen LogP contribution in [-0.4, -0.2) is 0 Å². The summed E-state index contributed by atoms with van der Waals surface area (Å²) in [6.07, 6.45) is 0. The van der Waals surface area contributed by atoms with E-state index in [2.05, 4.69) is 0 Å². The maximum absolute atomic E-state index is 0. The minimum Gasteiger partial charge on any atom is -0.0776 e. The van der Waals surface area contributed by atoms with Crippen LogP contribution in [0.15, 0.2) is 0 Å². The molecule has 0 radical (unpaired) electrons. The average molecular weight is 898 g/mol. The molecule has 0 saturated carbocycles. The zero-order valence-electron chi connectivity index (χ0n) is 0. The van der Waals surface area contributed by atoms with Crippen molar-refractivity contribution in [2.75, 3.05) is 0 Å². The van der Waals surface area contributed by atoms with Crippen LogP contribution in [0.25, 0.3) is 0 Å². The Balaban J connectivity index is 0. The van der Waals surface area contributed by atoms with Crippen LogP contribution in [0.4, 0.5) is 0 Å². The van der Waals surface area contributed by atoms with E-state index in [1.54, 1.807) is 0 Å². The Kier molecular flexibility index (Phi) is 0. The lowest BCUT2D eigenvalue weighted by molar-refractivity contribution is 2.50. The van der Waals surface area contributed by atoms with Crippen molar-refractivity contribution in [1.29, 1.82) is 0 Å². The summed E-state index contributed by atoms with van der Waals surface area (Å²) in [5, 5.41) is 0. The van der Waals surface area contributed by atoms with E-state index < -0.39 is 0 Å². The summed E-state index contributed by atoms with van der Waals surface area (Å²) in [6, 6.07) is 0. The first kappa shape index (κ1) is 0. The van der Waals surface area contributed by atoms with Gasteiger partial charge in [0.2, 0.25) is 0 Å². The quantitative estimate of drug-likeness (QED) is 0.227. The first-order valence-electron chi connectivity index (χ1n) is 0. The molecule has 0 aromatic rings. The molecule has 56 heavy (non-hydrogen) atoms. The Morgan fingerprint density at radius 2 is 0.0179 bits per heavy atom. The fourth-order valence-corrected chi connectivity index (χ4v) is 0. The van der Waals surface area contributed by atoms with Crippen molar-refractivity contribution < 1.29 is 0 Å². The molecule has 0 spiro atoms. The molecule has 0 bridgehead atoms. The van der Waals surface area contributed by atoms with Gasteiger partial charge in [0.05, 0.1) is 0 Å². The van der Waals surface area contributed by atoms with Crippen LogP contribution in [0.3, 0.4) is 0 Å². The summed E-state index contributed by atoms with van der Waals surface area (Å²) in [5.74, 6) is 0. The Labute approximate surface area is 414 Å². The number of hydrogen-bond acceptors (Lipinski definition) is 0. The lowest BCUT2D eigenvalue weighted by Crippen LogP contribution is 0.143. The molecule has 0 saturated heterocycles. The molecule has 0 aliphatic rings. The van der Waals surface area contributed by atoms with Crippen LogP contribution in [-0.2, 0) is 0 Å². The highest BCUT2D eigenvalue weighted by atomic mass is 12.1. The molecule has 0 N–H and O–H groups in total. The lowest BCUT2D eigenvalue weighted by atomic mass is 12.0. The van der Waals surface area contributed by atoms with E-state index in [0.29, 0.717) is 0 Å². The van der Waals surface area contributed by atoms with Crippen molar-refractivity contribution in [1.82, 2.24) is 0 Å². The van der Waals surface area contributed by atoms with Gasteiger partial charge in [-0.1, -0.05) is 416 Å². The van der Waals surface area contributed by atoms with E-state index >= 15 is 0 Å². The normalized spacial score (nSPS) is 0. The van der Waals surface area contributed by atoms with Crippen molar-refractivity contribution in [3.05, 3.63) is 0 Å². The second-order valence-electron chi connectivity index (χ2n) is 0. The van der Waals surface area contributed by atoms with Gasteiger partial charge in [-0.05, 0) is 0 Å². The van der Waals surface area contributed by atoms with Gasteiger partial charge in [0.1, 0.15) is 0 Å². The molecule has 0 rings (SSSR count). The summed E-state index contributed by atoms with van der Waals surface area (Å²) in [4.78, 5) is 0. The van der Waals surface area contributed by atoms with E-state index in [-0.39, 0.29) is 416 Å². The molecular formula is C56H224. The van der Waals surface area contributed by atoms with Gasteiger partial charge in [-0.15, -0.1) is 0 Å². The molecule has 0 fully saturated rings. The average Bonchev–Trinajstić information content (AvgIpc) is 0. The van der Waals surface area contributed by atoms with E-state index in [1.807, 2.05) is 0 Å². The maximum Gasteiger partial charge on any atom is -0.0776 e. The predicted molar refractivity (Wildman–Crippen MR) is 377 cm³/mol. The van der Waals surface area contributed by atoms with E-state index in [4.69, 9.17) is 0 Å². The van der Waals surface area contributed by atoms with Crippen molar-refractivity contribution in [2.45, 2.75) is 416 Å². The predicted octanol–water partition coefficient (Wildman–Crippen LogP) is 35.6. The monoisotopic (exact) mass is 898 g/mol. The fraction of sp³-hybridized carbons (Fsp3) is 1.00. The minimum absolute atomic E-state index is 0. The van der Waals surface area contributed by atoms with Gasteiger partial charge >= 0.3 is 0 Å². The SMILES string of the molecule is C.C.C.C.C.C.C.C.C.C.C.C.C.C.C.C.C.C.C.C.C.C.C.C.C.C.C.C.C.C.C.C.C.C.C.C.C.C.C.C.C.C.C.C.C.C.C.C.C.C.C.C.C.C.C.C. The van der Waals surface area contributed by atoms with E-state index in [1.165, 1.54) is 0 Å². The molecule has 0 heterocycles. The van der Waals surface area contributed by atoms with Gasteiger partial charge in [-0.3, -0.25) is 0 Å². The largest absolute Gasteiger partial charge is 0.0776 e. The second kappa shape index (κ2) is 0. The molecule has 0 nitrogen and oxygen atoms in total. The number of rotatable bonds is 0. The summed E-state index contributed by atoms with van der Waals surface area (Å²) in [7, 11) is 0. The Bertz CT molecular complexity index is 0. The van der Waals surface area contributed by atoms with Crippen molar-refractivity contribution in [3.63, 3.8) is 0 Å². The van der Waals surface area contributed by atoms with Gasteiger partial charge in [-0.2, -0.15) is 0 Å². The lowest BCUT2D eigenvalue weighted by Gasteiger charge is -0.0786. The van der Waals surface area contributed by atoms with E-state index in [9.17, 15) is 0 Å². The molecule has 0 unspecified atom stereocenters. The molecule has 0 aliphatic heterocycles. The van der Waals surface area contributed by atoms with Crippen molar-refractivity contribution >= 4 is 0 Å². The van der Waals surface area contributed by atoms with Gasteiger partial charge < -0.3 is 0 Å². The molecule has 0 aliphatic carbocycles. The molecule has 0 amide bonds. The van der Waals surface area contributed by atoms with Crippen LogP contribution >= 0.6 is 0 Å². The summed E-state index contributed by atoms with van der Waals surface area (Å²) >= 11 is 0. The highest BCUT2D eigenvalue weighted by molar-refractivity contribution is 2.56. The van der Waals surface area contributed by atoms with Crippen molar-refractivity contribution in [2.24, 2.45) is 0 Å². The highest BCUT2D eigenvalue weighted by Crippen LogP contribution is 0.199. The molecule has 0 aromatic heterocycles. The number of hydrogen-bond donors (Lipinski definition) is 0. The fourth-order valence-electron chi connectivity index (χ4n) is 0. The zero-order valence-corrected chi connectivity index (χ0v) is 0. The first-order chi connectivity index (χ1) is 0. The van der Waals surface area contributed by atoms with Crippen LogP contribution in [0.1, 0.15) is 416 Å². The smallest absolute Gasteiger partial charge is 0.0776 e. The molecule has 0 aromatic carbocycles. The third-order valence-corrected chi connectivity index (χ3v) is 0. The highest BCUT2D eigenvalue weighted by Gasteiger charge is -0.0226. The first-order valence-corrected chi connectivity index (χ1v) is 0. The van der Waals surface area contributed by atoms with Crippen molar-refractivity contribution in [3.8, 4) is 0 Å². The Morgan fingerprint density at radius 3 is 0.0179 bits per heavy atom. The summed E-state index contributed by atoms with van der Waals surface area (Å²) < 4.78 is 0. The van der Waals surface area contributed by atoms with Crippen LogP contribution in [0.2, 0.25) is 0 Å². The van der Waals surface area contributed by atoms with Gasteiger partial charge in [-0.25, -0.2) is 0 Å². The minimum atomic E-state index is 0. The molecular weight excluding hydrogens is 673 g/mol. The van der Waals surface area contributed by atoms with E-state index in [0.717, 1.165) is 0 Å². The molecule has 0 atom stereocenters. The van der Waals surface area contributed by atoms with Crippen LogP contribution < -0.4 is 0 Å². The molecule has 0 heteroatoms. The third-order valence-electron chi connectivity index (χ3n) is 0. The third kappa shape index (κ3) is 0. The molecule has 448 valence electrons. The zero-order chi connectivity index (χ0) is 0. The van der Waals surface area contributed by atoms with Crippen LogP contribution in [0.5, 0.6) is 0 Å². The van der Waals surface area contributed by atoms with Gasteiger partial charge in [0, 0.05) is 0 Å². The Hall–Kier alpha value is 0. The topological polar surface area (TPSA) is 0 Å². The summed E-state index contributed by atoms with van der Waals surface area (Å²) in [6.45, 7) is 0. The second-order valence-corrected chi connectivity index (χ2v) is 0. The van der Waals surface area contributed by atoms with Gasteiger partial charge in [0.15, 0.2) is 0 Å². The Morgan fingerprint density at radius 1 is 0.0179 bits per heavy atom. The van der Waals surface area contributed by atoms with Crippen LogP contribution in [0, 0.1) is 0 Å².